The molecule has 560 valence electrons. The number of hydrogen-bond acceptors (Lipinski definition) is 3. The molecule has 25 rings (SSSR count). The molecule has 0 unspecified atom stereocenters. The van der Waals surface area contributed by atoms with Crippen molar-refractivity contribution in [3.05, 3.63) is 443 Å². The molecule has 6 heterocycles. The van der Waals surface area contributed by atoms with E-state index in [9.17, 15) is 0 Å². The molecule has 0 N–H and O–H groups in total. The molecule has 120 heavy (non-hydrogen) atoms. The number of anilines is 6. The van der Waals surface area contributed by atoms with E-state index in [0.29, 0.717) is 0 Å². The fourth-order valence-electron chi connectivity index (χ4n) is 19.1. The van der Waals surface area contributed by atoms with E-state index in [2.05, 4.69) is 466 Å². The van der Waals surface area contributed by atoms with E-state index < -0.39 is 0 Å². The minimum atomic E-state index is 0.871. The maximum Gasteiger partial charge on any atom is 0.135 e. The maximum atomic E-state index is 6.49. The predicted octanol–water partition coefficient (Wildman–Crippen LogP) is 31.6. The largest absolute Gasteiger partial charge is 0.456 e. The molecule has 0 aliphatic carbocycles. The van der Waals surface area contributed by atoms with Gasteiger partial charge in [0.1, 0.15) is 11.2 Å². The van der Waals surface area contributed by atoms with Crippen molar-refractivity contribution in [2.75, 3.05) is 9.80 Å². The van der Waals surface area contributed by atoms with Gasteiger partial charge in [-0.2, -0.15) is 0 Å². The van der Waals surface area contributed by atoms with E-state index in [-0.39, 0.29) is 0 Å². The highest BCUT2D eigenvalue weighted by Crippen LogP contribution is 2.48. The zero-order chi connectivity index (χ0) is 78.9. The average Bonchev–Trinajstić information content (AvgIpc) is 1.55. The zero-order valence-electron chi connectivity index (χ0n) is 65.3. The Morgan fingerprint density at radius 2 is 0.433 bits per heavy atom. The lowest BCUT2D eigenvalue weighted by atomic mass is 10.0. The smallest absolute Gasteiger partial charge is 0.135 e. The lowest BCUT2D eigenvalue weighted by Crippen LogP contribution is -2.10. The summed E-state index contributed by atoms with van der Waals surface area (Å²) in [4.78, 5) is 4.73. The molecule has 6 aromatic heterocycles. The molecule has 0 radical (unpaired) electrons. The molecule has 0 spiro atoms. The minimum Gasteiger partial charge on any atom is -0.456 e. The van der Waals surface area contributed by atoms with Gasteiger partial charge in [0.15, 0.2) is 0 Å². The molecule has 0 aliphatic heterocycles. The first-order valence-electron chi connectivity index (χ1n) is 41.2. The van der Waals surface area contributed by atoms with Crippen LogP contribution in [0.1, 0.15) is 0 Å². The molecule has 0 atom stereocenters. The fraction of sp³-hybridized carbons (Fsp3) is 0. The highest BCUT2D eigenvalue weighted by Gasteiger charge is 2.25. The van der Waals surface area contributed by atoms with Crippen molar-refractivity contribution in [2.45, 2.75) is 0 Å². The first kappa shape index (κ1) is 68.4. The molecule has 0 amide bonds. The summed E-state index contributed by atoms with van der Waals surface area (Å²) in [6.45, 7) is 0. The van der Waals surface area contributed by atoms with Crippen molar-refractivity contribution in [3.8, 4) is 72.4 Å². The van der Waals surface area contributed by atoms with Crippen LogP contribution in [0.5, 0.6) is 0 Å². The highest BCUT2D eigenvalue weighted by molar-refractivity contribution is 6.25. The summed E-state index contributed by atoms with van der Waals surface area (Å²) in [5, 5.41) is 14.9. The number of rotatable bonds is 13. The third kappa shape index (κ3) is 11.3. The van der Waals surface area contributed by atoms with E-state index in [4.69, 9.17) is 4.42 Å². The molecule has 0 aliphatic rings. The summed E-state index contributed by atoms with van der Waals surface area (Å²) in [6.07, 6.45) is 0. The van der Waals surface area contributed by atoms with Crippen molar-refractivity contribution in [2.24, 2.45) is 0 Å². The van der Waals surface area contributed by atoms with Gasteiger partial charge in [-0.25, -0.2) is 0 Å². The van der Waals surface area contributed by atoms with Crippen LogP contribution in [0.25, 0.3) is 192 Å². The maximum absolute atomic E-state index is 6.49. The Balaban J connectivity index is 0.000000137. The fourth-order valence-corrected chi connectivity index (χ4v) is 19.1. The van der Waals surface area contributed by atoms with E-state index >= 15 is 0 Å². The van der Waals surface area contributed by atoms with Gasteiger partial charge in [-0.1, -0.05) is 297 Å². The van der Waals surface area contributed by atoms with Crippen LogP contribution >= 0.6 is 0 Å². The van der Waals surface area contributed by atoms with E-state index in [1.165, 1.54) is 159 Å². The van der Waals surface area contributed by atoms with Crippen LogP contribution in [-0.4, -0.2) is 13.4 Å². The molecule has 25 aromatic rings. The normalized spacial score (nSPS) is 11.8. The van der Waals surface area contributed by atoms with Crippen LogP contribution in [0.15, 0.2) is 447 Å². The van der Waals surface area contributed by atoms with Crippen molar-refractivity contribution >= 4 is 154 Å². The van der Waals surface area contributed by atoms with Crippen LogP contribution in [0.3, 0.4) is 0 Å². The van der Waals surface area contributed by atoms with Gasteiger partial charge in [0.05, 0.1) is 44.1 Å². The van der Waals surface area contributed by atoms with E-state index in [1.807, 2.05) is 0 Å². The Labute approximate surface area is 692 Å². The van der Waals surface area contributed by atoms with Gasteiger partial charge in [0.2, 0.25) is 0 Å². The van der Waals surface area contributed by atoms with Crippen LogP contribution in [0, 0.1) is 0 Å². The second-order valence-electron chi connectivity index (χ2n) is 31.5. The Bertz CT molecular complexity index is 8050. The minimum absolute atomic E-state index is 0.871. The van der Waals surface area contributed by atoms with E-state index in [1.54, 1.807) is 0 Å². The second kappa shape index (κ2) is 27.9. The van der Waals surface area contributed by atoms with Crippen LogP contribution in [0.4, 0.5) is 34.1 Å². The standard InChI is InChI=1S/C60H39N3.C54H34N2O/c1-4-13-40(14-5-1)42-23-29-47(30-24-42)61(48-31-25-43(26-32-48)41-15-6-2-7-16-41)49-33-36-58-55(39-49)54-37-44(28-35-57(54)62(58)46-17-8-3-9-18-46)45-27-34-51-53-21-12-20-52-50-19-10-11-22-56(50)63(60(52)53)59(51)38-45;1-3-10-35(11-4-1)37-18-24-41(25-19-37)55(42-26-20-38(21-27-42)36-12-5-2-6-13-36)43-28-31-53-49(34-43)48-32-39(23-30-52(48)57-53)40-22-29-45-47-16-9-15-46-44-14-7-8-17-50(44)56(54(46)47)51(45)33-40/h1-39H;1-34H. The Morgan fingerprint density at radius 3 is 0.858 bits per heavy atom. The van der Waals surface area contributed by atoms with Crippen molar-refractivity contribution in [1.29, 1.82) is 0 Å². The molecule has 6 heteroatoms. The number of aromatic nitrogens is 3. The van der Waals surface area contributed by atoms with Crippen molar-refractivity contribution in [1.82, 2.24) is 13.4 Å². The summed E-state index contributed by atoms with van der Waals surface area (Å²) >= 11 is 0. The van der Waals surface area contributed by atoms with Gasteiger partial charge >= 0.3 is 0 Å². The first-order valence-corrected chi connectivity index (χ1v) is 41.2. The summed E-state index contributed by atoms with van der Waals surface area (Å²) in [6, 6.07) is 161. The predicted molar refractivity (Wildman–Crippen MR) is 506 cm³/mol. The zero-order valence-corrected chi connectivity index (χ0v) is 65.3. The van der Waals surface area contributed by atoms with Gasteiger partial charge in [0, 0.05) is 104 Å². The summed E-state index contributed by atoms with van der Waals surface area (Å²) in [5.74, 6) is 0. The third-order valence-electron chi connectivity index (χ3n) is 24.8. The number of para-hydroxylation sites is 5. The number of hydrogen-bond donors (Lipinski definition) is 0. The molecular weight excluding hydrogens is 1460 g/mol. The molecule has 0 saturated carbocycles. The third-order valence-corrected chi connectivity index (χ3v) is 24.8. The van der Waals surface area contributed by atoms with Gasteiger partial charge in [-0.05, 0) is 212 Å². The summed E-state index contributed by atoms with van der Waals surface area (Å²) in [7, 11) is 0. The second-order valence-corrected chi connectivity index (χ2v) is 31.5. The van der Waals surface area contributed by atoms with Crippen molar-refractivity contribution in [3.63, 3.8) is 0 Å². The topological polar surface area (TPSA) is 33.4 Å². The molecule has 0 bridgehead atoms. The monoisotopic (exact) mass is 1530 g/mol. The van der Waals surface area contributed by atoms with Crippen LogP contribution in [-0.2, 0) is 0 Å². The van der Waals surface area contributed by atoms with Gasteiger partial charge in [0.25, 0.3) is 0 Å². The molecule has 19 aromatic carbocycles. The molecule has 0 saturated heterocycles. The first-order chi connectivity index (χ1) is 59.5. The number of benzene rings is 19. The van der Waals surface area contributed by atoms with E-state index in [0.717, 1.165) is 67.3 Å². The molecule has 0 fully saturated rings. The lowest BCUT2D eigenvalue weighted by Gasteiger charge is -2.26. The number of fused-ring (bicyclic) bond motifs is 18. The van der Waals surface area contributed by atoms with Crippen LogP contribution in [0.2, 0.25) is 0 Å². The Hall–Kier alpha value is -16.0. The van der Waals surface area contributed by atoms with Gasteiger partial charge < -0.3 is 27.6 Å². The van der Waals surface area contributed by atoms with Crippen molar-refractivity contribution < 1.29 is 4.42 Å². The SMILES string of the molecule is c1ccc(-c2ccc(N(c3ccc(-c4ccccc4)cc3)c3ccc4c(c3)c3cc(-c5ccc6c7cccc8c9ccccc9n(c6c5)c87)ccc3n4-c3ccccc3)cc2)cc1.c1ccc(-c2ccc(N(c3ccc(-c4ccccc4)cc3)c3ccc4oc5ccc(-c6ccc7c8cccc9c%10ccccc%10n(c7c6)c98)cc5c4c3)cc2)cc1. The quantitative estimate of drug-likeness (QED) is 0.115. The van der Waals surface area contributed by atoms with Crippen LogP contribution < -0.4 is 9.80 Å². The van der Waals surface area contributed by atoms with Gasteiger partial charge in [-0.3, -0.25) is 0 Å². The number of nitrogens with zero attached hydrogens (tertiary/aromatic N) is 5. The summed E-state index contributed by atoms with van der Waals surface area (Å²) < 4.78 is 13.8. The van der Waals surface area contributed by atoms with Gasteiger partial charge in [-0.15, -0.1) is 0 Å². The molecular formula is C114H73N5O. The number of furan rings is 1. The average molecular weight is 1530 g/mol. The Kier molecular flexibility index (Phi) is 15.9. The summed E-state index contributed by atoms with van der Waals surface area (Å²) in [5.41, 5.74) is 33.6. The lowest BCUT2D eigenvalue weighted by molar-refractivity contribution is 0.669. The molecule has 6 nitrogen and oxygen atoms in total. The highest BCUT2D eigenvalue weighted by atomic mass is 16.3. The Morgan fingerprint density at radius 1 is 0.158 bits per heavy atom.